The molecule has 2 rings (SSSR count). The van der Waals surface area contributed by atoms with Gasteiger partial charge in [0.1, 0.15) is 6.61 Å². The Balaban J connectivity index is 1.96. The monoisotopic (exact) mass is 449 g/mol. The zero-order valence-electron chi connectivity index (χ0n) is 19.1. The first kappa shape index (κ1) is 25.6. The summed E-state index contributed by atoms with van der Waals surface area (Å²) in [4.78, 5) is 39.7. The van der Waals surface area contributed by atoms with E-state index in [0.717, 1.165) is 5.56 Å². The lowest BCUT2D eigenvalue weighted by Gasteiger charge is -2.27. The Labute approximate surface area is 189 Å². The van der Waals surface area contributed by atoms with Gasteiger partial charge in [-0.1, -0.05) is 30.3 Å². The van der Waals surface area contributed by atoms with Crippen LogP contribution in [0.1, 0.15) is 32.3 Å². The van der Waals surface area contributed by atoms with E-state index in [4.69, 9.17) is 14.2 Å². The molecule has 0 radical (unpaired) electrons. The van der Waals surface area contributed by atoms with Gasteiger partial charge >= 0.3 is 6.09 Å². The van der Waals surface area contributed by atoms with E-state index < -0.39 is 11.5 Å². The van der Waals surface area contributed by atoms with Crippen molar-refractivity contribution in [1.29, 1.82) is 0 Å². The third kappa shape index (κ3) is 8.12. The van der Waals surface area contributed by atoms with Crippen LogP contribution in [0, 0.1) is 5.41 Å². The summed E-state index contributed by atoms with van der Waals surface area (Å²) in [5, 5.41) is 5.64. The summed E-state index contributed by atoms with van der Waals surface area (Å²) < 4.78 is 15.9. The lowest BCUT2D eigenvalue weighted by molar-refractivity contribution is -0.136. The van der Waals surface area contributed by atoms with Crippen molar-refractivity contribution in [2.45, 2.75) is 33.3 Å². The predicted molar refractivity (Wildman–Crippen MR) is 119 cm³/mol. The van der Waals surface area contributed by atoms with Crippen molar-refractivity contribution >= 4 is 17.9 Å². The van der Waals surface area contributed by atoms with E-state index >= 15 is 0 Å². The third-order valence-corrected chi connectivity index (χ3v) is 5.31. The van der Waals surface area contributed by atoms with Crippen LogP contribution in [0.15, 0.2) is 30.3 Å². The molecular formula is C23H35N3O6. The summed E-state index contributed by atoms with van der Waals surface area (Å²) in [6, 6.07) is 9.39. The first-order valence-electron chi connectivity index (χ1n) is 11.2. The highest BCUT2D eigenvalue weighted by molar-refractivity contribution is 5.90. The van der Waals surface area contributed by atoms with E-state index in [1.807, 2.05) is 44.2 Å². The molecule has 0 aliphatic carbocycles. The first-order valence-corrected chi connectivity index (χ1v) is 11.2. The lowest BCUT2D eigenvalue weighted by atomic mass is 9.82. The average molecular weight is 450 g/mol. The number of ether oxygens (including phenoxy) is 3. The molecule has 178 valence electrons. The average Bonchev–Trinajstić information content (AvgIpc) is 3.24. The summed E-state index contributed by atoms with van der Waals surface area (Å²) in [6.07, 6.45) is -0.121. The maximum absolute atomic E-state index is 13.0. The number of likely N-dealkylation sites (tertiary alicyclic amines) is 1. The maximum atomic E-state index is 13.0. The van der Waals surface area contributed by atoms with Crippen LogP contribution in [0.25, 0.3) is 0 Å². The van der Waals surface area contributed by atoms with Gasteiger partial charge in [0.25, 0.3) is 0 Å². The van der Waals surface area contributed by atoms with Crippen molar-refractivity contribution in [3.05, 3.63) is 35.9 Å². The zero-order valence-corrected chi connectivity index (χ0v) is 19.1. The number of amides is 3. The van der Waals surface area contributed by atoms with Gasteiger partial charge in [0.2, 0.25) is 11.8 Å². The predicted octanol–water partition coefficient (Wildman–Crippen LogP) is 1.71. The molecule has 0 aromatic heterocycles. The molecule has 0 bridgehead atoms. The van der Waals surface area contributed by atoms with Gasteiger partial charge < -0.3 is 29.7 Å². The number of hydrogen-bond acceptors (Lipinski definition) is 6. The fourth-order valence-corrected chi connectivity index (χ4v) is 3.59. The first-order chi connectivity index (χ1) is 15.5. The number of carbonyl (C=O) groups is 3. The van der Waals surface area contributed by atoms with Crippen LogP contribution in [0.2, 0.25) is 0 Å². The van der Waals surface area contributed by atoms with Gasteiger partial charge in [-0.25, -0.2) is 4.79 Å². The number of nitrogens with one attached hydrogen (secondary N) is 2. The molecule has 9 heteroatoms. The molecule has 3 amide bonds. The van der Waals surface area contributed by atoms with E-state index in [1.54, 1.807) is 0 Å². The lowest BCUT2D eigenvalue weighted by Crippen LogP contribution is -2.47. The Bertz CT molecular complexity index is 730. The number of nitrogens with zero attached hydrogens (tertiary/aromatic N) is 1. The number of benzene rings is 1. The van der Waals surface area contributed by atoms with Gasteiger partial charge in [-0.3, -0.25) is 9.59 Å². The van der Waals surface area contributed by atoms with Crippen molar-refractivity contribution in [3.8, 4) is 0 Å². The van der Waals surface area contributed by atoms with Crippen molar-refractivity contribution in [3.63, 3.8) is 0 Å². The Morgan fingerprint density at radius 3 is 2.31 bits per heavy atom. The normalized spacial score (nSPS) is 17.8. The Hall–Kier alpha value is -2.65. The summed E-state index contributed by atoms with van der Waals surface area (Å²) in [5.41, 5.74) is -0.123. The second-order valence-corrected chi connectivity index (χ2v) is 7.67. The summed E-state index contributed by atoms with van der Waals surface area (Å²) in [7, 11) is 0. The van der Waals surface area contributed by atoms with Crippen LogP contribution in [0.4, 0.5) is 4.79 Å². The second kappa shape index (κ2) is 13.7. The minimum atomic E-state index is -1.01. The molecule has 9 nitrogen and oxygen atoms in total. The maximum Gasteiger partial charge on any atom is 0.410 e. The molecule has 0 spiro atoms. The Kier molecular flexibility index (Phi) is 11.0. The third-order valence-electron chi connectivity index (χ3n) is 5.31. The highest BCUT2D eigenvalue weighted by Crippen LogP contribution is 2.35. The minimum Gasteiger partial charge on any atom is -0.445 e. The SMILES string of the molecule is CCOCCNC(=O)C[C@@]1(C(=O)NCCOCC)CCN(C(=O)OCc2ccccc2)C1. The van der Waals surface area contributed by atoms with Crippen LogP contribution >= 0.6 is 0 Å². The van der Waals surface area contributed by atoms with Crippen molar-refractivity contribution in [2.24, 2.45) is 5.41 Å². The van der Waals surface area contributed by atoms with Crippen LogP contribution in [0.3, 0.4) is 0 Å². The van der Waals surface area contributed by atoms with Crippen molar-refractivity contribution in [1.82, 2.24) is 15.5 Å². The molecule has 0 unspecified atom stereocenters. The topological polar surface area (TPSA) is 106 Å². The molecule has 2 N–H and O–H groups in total. The van der Waals surface area contributed by atoms with E-state index in [1.165, 1.54) is 4.90 Å². The number of rotatable bonds is 13. The van der Waals surface area contributed by atoms with E-state index in [-0.39, 0.29) is 31.4 Å². The highest BCUT2D eigenvalue weighted by atomic mass is 16.6. The van der Waals surface area contributed by atoms with Gasteiger partial charge in [0.05, 0.1) is 18.6 Å². The summed E-state index contributed by atoms with van der Waals surface area (Å²) in [5.74, 6) is -0.500. The number of hydrogen-bond donors (Lipinski definition) is 2. The molecule has 32 heavy (non-hydrogen) atoms. The fraction of sp³-hybridized carbons (Fsp3) is 0.609. The molecular weight excluding hydrogens is 414 g/mol. The highest BCUT2D eigenvalue weighted by Gasteiger charge is 2.47. The fourth-order valence-electron chi connectivity index (χ4n) is 3.59. The standard InChI is InChI=1S/C23H35N3O6/c1-3-30-14-11-24-20(27)16-23(21(28)25-12-15-31-4-2)10-13-26(18-23)22(29)32-17-19-8-6-5-7-9-19/h5-9H,3-4,10-18H2,1-2H3,(H,24,27)(H,25,28)/t23-/m0/s1. The zero-order chi connectivity index (χ0) is 23.2. The van der Waals surface area contributed by atoms with E-state index in [2.05, 4.69) is 10.6 Å². The van der Waals surface area contributed by atoms with Gasteiger partial charge in [0, 0.05) is 45.8 Å². The molecule has 1 aliphatic rings. The molecule has 1 atom stereocenters. The number of carbonyl (C=O) groups excluding carboxylic acids is 3. The van der Waals surface area contributed by atoms with Crippen molar-refractivity contribution < 1.29 is 28.6 Å². The second-order valence-electron chi connectivity index (χ2n) is 7.67. The molecule has 1 fully saturated rings. The van der Waals surface area contributed by atoms with Gasteiger partial charge in [-0.2, -0.15) is 0 Å². The summed E-state index contributed by atoms with van der Waals surface area (Å²) in [6.45, 7) is 7.04. The largest absolute Gasteiger partial charge is 0.445 e. The Morgan fingerprint density at radius 1 is 1.00 bits per heavy atom. The smallest absolute Gasteiger partial charge is 0.410 e. The summed E-state index contributed by atoms with van der Waals surface area (Å²) >= 11 is 0. The Morgan fingerprint density at radius 2 is 1.66 bits per heavy atom. The molecule has 1 aliphatic heterocycles. The van der Waals surface area contributed by atoms with Gasteiger partial charge in [0.15, 0.2) is 0 Å². The quantitative estimate of drug-likeness (QED) is 0.444. The molecule has 1 saturated heterocycles. The molecule has 1 aromatic carbocycles. The van der Waals surface area contributed by atoms with Crippen LogP contribution < -0.4 is 10.6 Å². The molecule has 0 saturated carbocycles. The van der Waals surface area contributed by atoms with E-state index in [0.29, 0.717) is 52.5 Å². The van der Waals surface area contributed by atoms with Gasteiger partial charge in [-0.05, 0) is 25.8 Å². The van der Waals surface area contributed by atoms with E-state index in [9.17, 15) is 14.4 Å². The van der Waals surface area contributed by atoms with Crippen LogP contribution in [0.5, 0.6) is 0 Å². The van der Waals surface area contributed by atoms with Crippen LogP contribution in [-0.4, -0.2) is 75.4 Å². The van der Waals surface area contributed by atoms with Gasteiger partial charge in [-0.15, -0.1) is 0 Å². The van der Waals surface area contributed by atoms with Crippen molar-refractivity contribution in [2.75, 3.05) is 52.6 Å². The minimum absolute atomic E-state index is 0.0118. The van der Waals surface area contributed by atoms with Crippen LogP contribution in [-0.2, 0) is 30.4 Å². The molecule has 1 aromatic rings. The molecule has 1 heterocycles.